The highest BCUT2D eigenvalue weighted by Crippen LogP contribution is 2.24. The van der Waals surface area contributed by atoms with Crippen molar-refractivity contribution in [2.24, 2.45) is 0 Å². The molecule has 3 rings (SSSR count). The summed E-state index contributed by atoms with van der Waals surface area (Å²) in [6.07, 6.45) is 0.644. The van der Waals surface area contributed by atoms with Crippen molar-refractivity contribution in [2.75, 3.05) is 11.9 Å². The van der Waals surface area contributed by atoms with Gasteiger partial charge in [-0.1, -0.05) is 17.3 Å². The number of hydrogen-bond donors (Lipinski definition) is 1. The third-order valence-electron chi connectivity index (χ3n) is 3.27. The van der Waals surface area contributed by atoms with Crippen LogP contribution in [0.1, 0.15) is 19.2 Å². The summed E-state index contributed by atoms with van der Waals surface area (Å²) in [6.45, 7) is 2.44. The Kier molecular flexibility index (Phi) is 5.22. The number of nitrogens with zero attached hydrogens (tertiary/aromatic N) is 2. The number of benzene rings is 1. The summed E-state index contributed by atoms with van der Waals surface area (Å²) in [5.74, 6) is 1.53. The van der Waals surface area contributed by atoms with Crippen molar-refractivity contribution in [1.29, 1.82) is 0 Å². The van der Waals surface area contributed by atoms with Gasteiger partial charge < -0.3 is 14.6 Å². The van der Waals surface area contributed by atoms with Crippen LogP contribution in [0.3, 0.4) is 0 Å². The Morgan fingerprint density at radius 2 is 2.21 bits per heavy atom. The molecule has 0 aliphatic rings. The molecule has 1 amide bonds. The molecule has 0 atom stereocenters. The standard InChI is InChI=1S/C17H17N3O3S/c1-2-22-14-6-4-3-5-13(14)18-15(21)7-8-16-19-17(20-23-16)12-9-10-24-11-12/h3-6,9-11H,2,7-8H2,1H3,(H,18,21). The topological polar surface area (TPSA) is 77.2 Å². The van der Waals surface area contributed by atoms with Gasteiger partial charge in [0.2, 0.25) is 17.6 Å². The largest absolute Gasteiger partial charge is 0.492 e. The lowest BCUT2D eigenvalue weighted by Gasteiger charge is -2.10. The van der Waals surface area contributed by atoms with Crippen LogP contribution < -0.4 is 10.1 Å². The van der Waals surface area contributed by atoms with E-state index < -0.39 is 0 Å². The highest BCUT2D eigenvalue weighted by molar-refractivity contribution is 7.08. The van der Waals surface area contributed by atoms with E-state index in [0.717, 1.165) is 5.56 Å². The summed E-state index contributed by atoms with van der Waals surface area (Å²) < 4.78 is 10.7. The monoisotopic (exact) mass is 343 g/mol. The molecule has 1 aromatic carbocycles. The number of thiophene rings is 1. The van der Waals surface area contributed by atoms with E-state index in [-0.39, 0.29) is 12.3 Å². The van der Waals surface area contributed by atoms with Crippen LogP contribution in [0.25, 0.3) is 11.4 Å². The van der Waals surface area contributed by atoms with Crippen molar-refractivity contribution < 1.29 is 14.1 Å². The highest BCUT2D eigenvalue weighted by atomic mass is 32.1. The highest BCUT2D eigenvalue weighted by Gasteiger charge is 2.12. The maximum atomic E-state index is 12.1. The molecule has 0 saturated heterocycles. The molecule has 24 heavy (non-hydrogen) atoms. The Balaban J connectivity index is 1.56. The number of carbonyl (C=O) groups is 1. The second-order valence-corrected chi connectivity index (χ2v) is 5.78. The molecule has 0 spiro atoms. The van der Waals surface area contributed by atoms with Crippen molar-refractivity contribution in [1.82, 2.24) is 10.1 Å². The normalized spacial score (nSPS) is 10.5. The molecule has 124 valence electrons. The number of anilines is 1. The minimum atomic E-state index is -0.127. The minimum Gasteiger partial charge on any atom is -0.492 e. The van der Waals surface area contributed by atoms with Gasteiger partial charge in [-0.05, 0) is 30.5 Å². The fraction of sp³-hybridized carbons (Fsp3) is 0.235. The van der Waals surface area contributed by atoms with Gasteiger partial charge in [0, 0.05) is 23.8 Å². The SMILES string of the molecule is CCOc1ccccc1NC(=O)CCc1nc(-c2ccsc2)no1. The maximum Gasteiger partial charge on any atom is 0.227 e. The van der Waals surface area contributed by atoms with Crippen LogP contribution in [0.4, 0.5) is 5.69 Å². The first-order valence-electron chi connectivity index (χ1n) is 7.63. The third-order valence-corrected chi connectivity index (χ3v) is 3.96. The van der Waals surface area contributed by atoms with Gasteiger partial charge in [0.25, 0.3) is 0 Å². The summed E-state index contributed by atoms with van der Waals surface area (Å²) in [4.78, 5) is 16.4. The quantitative estimate of drug-likeness (QED) is 0.706. The summed E-state index contributed by atoms with van der Waals surface area (Å²) >= 11 is 1.57. The molecule has 6 nitrogen and oxygen atoms in total. The number of aromatic nitrogens is 2. The lowest BCUT2D eigenvalue weighted by atomic mass is 10.2. The molecule has 7 heteroatoms. The first-order valence-corrected chi connectivity index (χ1v) is 8.57. The summed E-state index contributed by atoms with van der Waals surface area (Å²) in [5, 5.41) is 10.7. The van der Waals surface area contributed by atoms with E-state index in [4.69, 9.17) is 9.26 Å². The second-order valence-electron chi connectivity index (χ2n) is 5.00. The van der Waals surface area contributed by atoms with E-state index in [2.05, 4.69) is 15.5 Å². The molecule has 0 unspecified atom stereocenters. The van der Waals surface area contributed by atoms with Gasteiger partial charge >= 0.3 is 0 Å². The fourth-order valence-corrected chi connectivity index (χ4v) is 2.78. The Labute approximate surface area is 143 Å². The molecular formula is C17H17N3O3S. The van der Waals surface area contributed by atoms with Gasteiger partial charge in [0.1, 0.15) is 5.75 Å². The Bertz CT molecular complexity index is 799. The van der Waals surface area contributed by atoms with E-state index in [1.165, 1.54) is 0 Å². The van der Waals surface area contributed by atoms with Crippen molar-refractivity contribution >= 4 is 22.9 Å². The number of para-hydroxylation sites is 2. The Morgan fingerprint density at radius 1 is 1.33 bits per heavy atom. The summed E-state index contributed by atoms with van der Waals surface area (Å²) in [7, 11) is 0. The third kappa shape index (κ3) is 3.99. The molecule has 1 N–H and O–H groups in total. The predicted molar refractivity (Wildman–Crippen MR) is 92.2 cm³/mol. The van der Waals surface area contributed by atoms with Crippen LogP contribution >= 0.6 is 11.3 Å². The van der Waals surface area contributed by atoms with E-state index >= 15 is 0 Å². The van der Waals surface area contributed by atoms with E-state index in [0.29, 0.717) is 36.2 Å². The van der Waals surface area contributed by atoms with Crippen LogP contribution in [-0.4, -0.2) is 22.7 Å². The molecule has 0 aliphatic heterocycles. The number of nitrogens with one attached hydrogen (secondary N) is 1. The number of hydrogen-bond acceptors (Lipinski definition) is 6. The van der Waals surface area contributed by atoms with Crippen molar-refractivity contribution in [3.8, 4) is 17.1 Å². The van der Waals surface area contributed by atoms with Gasteiger partial charge in [-0.15, -0.1) is 0 Å². The number of ether oxygens (including phenoxy) is 1. The molecule has 2 heterocycles. The maximum absolute atomic E-state index is 12.1. The molecule has 0 bridgehead atoms. The van der Waals surface area contributed by atoms with Gasteiger partial charge in [-0.2, -0.15) is 16.3 Å². The lowest BCUT2D eigenvalue weighted by molar-refractivity contribution is -0.116. The Hall–Kier alpha value is -2.67. The summed E-state index contributed by atoms with van der Waals surface area (Å²) in [5.41, 5.74) is 1.58. The minimum absolute atomic E-state index is 0.127. The molecule has 3 aromatic rings. The van der Waals surface area contributed by atoms with E-state index in [1.54, 1.807) is 11.3 Å². The average Bonchev–Trinajstić information content (AvgIpc) is 3.26. The first kappa shape index (κ1) is 16.2. The van der Waals surface area contributed by atoms with Gasteiger partial charge in [-0.3, -0.25) is 4.79 Å². The number of amides is 1. The Morgan fingerprint density at radius 3 is 3.00 bits per heavy atom. The zero-order valence-corrected chi connectivity index (χ0v) is 14.0. The lowest BCUT2D eigenvalue weighted by Crippen LogP contribution is -2.13. The van der Waals surface area contributed by atoms with Crippen LogP contribution in [0.15, 0.2) is 45.6 Å². The zero-order chi connectivity index (χ0) is 16.8. The molecule has 2 aromatic heterocycles. The second kappa shape index (κ2) is 7.74. The fourth-order valence-electron chi connectivity index (χ4n) is 2.15. The van der Waals surface area contributed by atoms with Crippen LogP contribution in [-0.2, 0) is 11.2 Å². The average molecular weight is 343 g/mol. The molecule has 0 radical (unpaired) electrons. The molecule has 0 fully saturated rings. The molecule has 0 aliphatic carbocycles. The van der Waals surface area contributed by atoms with Crippen molar-refractivity contribution in [3.63, 3.8) is 0 Å². The number of carbonyl (C=O) groups excluding carboxylic acids is 1. The predicted octanol–water partition coefficient (Wildman–Crippen LogP) is 3.77. The number of rotatable bonds is 7. The molecule has 0 saturated carbocycles. The van der Waals surface area contributed by atoms with E-state index in [9.17, 15) is 4.79 Å². The smallest absolute Gasteiger partial charge is 0.227 e. The van der Waals surface area contributed by atoms with Crippen LogP contribution in [0.2, 0.25) is 0 Å². The van der Waals surface area contributed by atoms with Crippen molar-refractivity contribution in [3.05, 3.63) is 47.0 Å². The first-order chi connectivity index (χ1) is 11.8. The summed E-state index contributed by atoms with van der Waals surface area (Å²) in [6, 6.07) is 9.28. The molecular weight excluding hydrogens is 326 g/mol. The van der Waals surface area contributed by atoms with Gasteiger partial charge in [-0.25, -0.2) is 0 Å². The zero-order valence-electron chi connectivity index (χ0n) is 13.2. The van der Waals surface area contributed by atoms with Gasteiger partial charge in [0.15, 0.2) is 0 Å². The van der Waals surface area contributed by atoms with E-state index in [1.807, 2.05) is 48.0 Å². The van der Waals surface area contributed by atoms with Crippen LogP contribution in [0.5, 0.6) is 5.75 Å². The van der Waals surface area contributed by atoms with Crippen molar-refractivity contribution in [2.45, 2.75) is 19.8 Å². The van der Waals surface area contributed by atoms with Gasteiger partial charge in [0.05, 0.1) is 12.3 Å². The number of aryl methyl sites for hydroxylation is 1. The van der Waals surface area contributed by atoms with Crippen LogP contribution in [0, 0.1) is 0 Å².